The maximum Gasteiger partial charge on any atom is 0.416 e. The lowest BCUT2D eigenvalue weighted by atomic mass is 9.82. The molecule has 0 radical (unpaired) electrons. The van der Waals surface area contributed by atoms with Crippen molar-refractivity contribution in [3.8, 4) is 5.75 Å². The zero-order chi connectivity index (χ0) is 32.2. The fourth-order valence-corrected chi connectivity index (χ4v) is 5.04. The third-order valence-corrected chi connectivity index (χ3v) is 7.17. The maximum absolute atomic E-state index is 13.4. The predicted molar refractivity (Wildman–Crippen MR) is 163 cm³/mol. The quantitative estimate of drug-likeness (QED) is 0.316. The van der Waals surface area contributed by atoms with Crippen LogP contribution in [0.15, 0.2) is 66.7 Å². The van der Waals surface area contributed by atoms with Crippen LogP contribution in [0.2, 0.25) is 0 Å². The van der Waals surface area contributed by atoms with E-state index in [0.717, 1.165) is 16.0 Å². The van der Waals surface area contributed by atoms with Crippen LogP contribution in [0.3, 0.4) is 0 Å². The fraction of sp³-hybridized carbons (Fsp3) is 0.364. The number of methoxy groups -OCH3 is 1. The molecule has 1 aromatic heterocycles. The Balaban J connectivity index is 1.57. The van der Waals surface area contributed by atoms with E-state index in [1.807, 2.05) is 42.5 Å². The Bertz CT molecular complexity index is 1520. The van der Waals surface area contributed by atoms with E-state index in [9.17, 15) is 24.3 Å². The van der Waals surface area contributed by atoms with Gasteiger partial charge in [0.15, 0.2) is 6.04 Å². The van der Waals surface area contributed by atoms with E-state index in [1.165, 1.54) is 4.90 Å². The minimum atomic E-state index is -1.34. The number of amides is 4. The normalized spacial score (nSPS) is 16.9. The van der Waals surface area contributed by atoms with E-state index < -0.39 is 47.6 Å². The van der Waals surface area contributed by atoms with Crippen molar-refractivity contribution in [2.75, 3.05) is 12.0 Å². The fourth-order valence-electron chi connectivity index (χ4n) is 5.04. The second-order valence-corrected chi connectivity index (χ2v) is 11.8. The molecule has 0 saturated carbocycles. The number of nitrogens with zero attached hydrogens (tertiary/aromatic N) is 3. The number of urea groups is 1. The summed E-state index contributed by atoms with van der Waals surface area (Å²) in [4.78, 5) is 58.5. The Morgan fingerprint density at radius 3 is 2.30 bits per heavy atom. The van der Waals surface area contributed by atoms with Crippen LogP contribution in [0.25, 0.3) is 0 Å². The molecule has 3 aromatic rings. The summed E-state index contributed by atoms with van der Waals surface area (Å²) < 4.78 is 10.9. The topological polar surface area (TPSA) is 138 Å². The van der Waals surface area contributed by atoms with Crippen LogP contribution >= 0.6 is 0 Å². The number of ether oxygens (including phenoxy) is 2. The Kier molecular flexibility index (Phi) is 9.56. The molecule has 1 unspecified atom stereocenters. The Hall–Kier alpha value is -4.93. The van der Waals surface area contributed by atoms with Gasteiger partial charge in [0.2, 0.25) is 5.91 Å². The number of likely N-dealkylation sites (tertiary alicyclic amines) is 1. The highest BCUT2D eigenvalue weighted by Gasteiger charge is 2.54. The molecule has 2 heterocycles. The molecule has 3 atom stereocenters. The number of hydrogen-bond donors (Lipinski definition) is 2. The molecule has 11 heteroatoms. The van der Waals surface area contributed by atoms with Crippen molar-refractivity contribution >= 4 is 29.8 Å². The number of pyridine rings is 1. The first kappa shape index (κ1) is 32.0. The number of carbonyl (C=O) groups is 4. The Morgan fingerprint density at radius 1 is 1.05 bits per heavy atom. The van der Waals surface area contributed by atoms with Crippen LogP contribution in [-0.4, -0.2) is 57.7 Å². The number of aryl methyl sites for hydroxylation is 1. The molecule has 44 heavy (non-hydrogen) atoms. The highest BCUT2D eigenvalue weighted by molar-refractivity contribution is 6.07. The first-order valence-electron chi connectivity index (χ1n) is 14.3. The van der Waals surface area contributed by atoms with E-state index >= 15 is 0 Å². The van der Waals surface area contributed by atoms with Crippen molar-refractivity contribution in [1.82, 2.24) is 15.2 Å². The highest BCUT2D eigenvalue weighted by atomic mass is 16.6. The van der Waals surface area contributed by atoms with Crippen molar-refractivity contribution in [2.45, 2.75) is 65.3 Å². The lowest BCUT2D eigenvalue weighted by Crippen LogP contribution is -2.68. The van der Waals surface area contributed by atoms with Gasteiger partial charge >= 0.3 is 18.1 Å². The van der Waals surface area contributed by atoms with Gasteiger partial charge in [0, 0.05) is 5.69 Å². The molecule has 1 fully saturated rings. The number of carbonyl (C=O) groups excluding carboxylic acids is 3. The lowest BCUT2D eigenvalue weighted by Gasteiger charge is -2.43. The van der Waals surface area contributed by atoms with Gasteiger partial charge in [-0.15, -0.1) is 0 Å². The molecule has 4 rings (SSSR count). The number of carboxylic acid groups (broad SMARTS) is 1. The van der Waals surface area contributed by atoms with Crippen LogP contribution in [-0.2, 0) is 27.3 Å². The van der Waals surface area contributed by atoms with Gasteiger partial charge < -0.3 is 19.9 Å². The number of anilines is 1. The van der Waals surface area contributed by atoms with Gasteiger partial charge in [0.1, 0.15) is 17.2 Å². The zero-order valence-corrected chi connectivity index (χ0v) is 25.7. The molecular weight excluding hydrogens is 564 g/mol. The number of aliphatic carboxylic acids is 1. The predicted octanol–water partition coefficient (Wildman–Crippen LogP) is 5.27. The van der Waals surface area contributed by atoms with Gasteiger partial charge in [-0.05, 0) is 82.0 Å². The Morgan fingerprint density at radius 2 is 1.70 bits per heavy atom. The average molecular weight is 603 g/mol. The summed E-state index contributed by atoms with van der Waals surface area (Å²) in [5, 5.41) is 12.7. The number of imide groups is 1. The molecular formula is C33H38N4O7. The molecule has 0 bridgehead atoms. The minimum Gasteiger partial charge on any atom is -0.497 e. The maximum atomic E-state index is 13.4. The molecule has 1 saturated heterocycles. The first-order chi connectivity index (χ1) is 20.8. The number of rotatable bonds is 9. The SMILES string of the molecule is COc1ccc(CN(C(=O)OC(C)(C)C)c2cc(C[C@H]3C(=O)N(C(=O)NC(C)c4ccccc4)[C@@H]3C(=O)O)cc(C)n2)cc1. The van der Waals surface area contributed by atoms with Crippen molar-refractivity contribution in [3.05, 3.63) is 89.1 Å². The van der Waals surface area contributed by atoms with Gasteiger partial charge in [-0.1, -0.05) is 42.5 Å². The number of carboxylic acids is 1. The van der Waals surface area contributed by atoms with Crippen molar-refractivity contribution < 1.29 is 33.8 Å². The average Bonchev–Trinajstić information content (AvgIpc) is 2.96. The van der Waals surface area contributed by atoms with Gasteiger partial charge in [-0.25, -0.2) is 24.3 Å². The van der Waals surface area contributed by atoms with Crippen LogP contribution in [0.5, 0.6) is 5.75 Å². The summed E-state index contributed by atoms with van der Waals surface area (Å²) in [6.07, 6.45) is -0.578. The van der Waals surface area contributed by atoms with Crippen molar-refractivity contribution in [3.63, 3.8) is 0 Å². The smallest absolute Gasteiger partial charge is 0.416 e. The van der Waals surface area contributed by atoms with Crippen LogP contribution in [0, 0.1) is 12.8 Å². The van der Waals surface area contributed by atoms with Gasteiger partial charge in [-0.2, -0.15) is 0 Å². The van der Waals surface area contributed by atoms with Crippen molar-refractivity contribution in [1.29, 1.82) is 0 Å². The summed E-state index contributed by atoms with van der Waals surface area (Å²) in [5.41, 5.74) is 2.01. The molecule has 11 nitrogen and oxygen atoms in total. The molecule has 1 aliphatic rings. The summed E-state index contributed by atoms with van der Waals surface area (Å²) in [5.74, 6) is -1.89. The largest absolute Gasteiger partial charge is 0.497 e. The second kappa shape index (κ2) is 13.2. The van der Waals surface area contributed by atoms with E-state index in [4.69, 9.17) is 9.47 Å². The molecule has 0 aliphatic carbocycles. The van der Waals surface area contributed by atoms with Crippen molar-refractivity contribution in [2.24, 2.45) is 5.92 Å². The summed E-state index contributed by atoms with van der Waals surface area (Å²) in [7, 11) is 1.57. The summed E-state index contributed by atoms with van der Waals surface area (Å²) in [6.45, 7) is 8.94. The summed E-state index contributed by atoms with van der Waals surface area (Å²) in [6, 6.07) is 17.2. The third kappa shape index (κ3) is 7.52. The zero-order valence-electron chi connectivity index (χ0n) is 25.7. The second-order valence-electron chi connectivity index (χ2n) is 11.8. The highest BCUT2D eigenvalue weighted by Crippen LogP contribution is 2.32. The molecule has 2 aromatic carbocycles. The number of β-lactam (4-membered cyclic amide) rings is 1. The molecule has 0 spiro atoms. The van der Waals surface area contributed by atoms with E-state index in [0.29, 0.717) is 17.0 Å². The molecule has 2 N–H and O–H groups in total. The number of aromatic nitrogens is 1. The standard InChI is InChI=1S/C33H38N4O7/c1-20-16-23(17-26-28(30(39)40)37(29(26)38)31(41)35-21(2)24-10-8-7-9-11-24)18-27(34-20)36(32(42)44-33(3,4)5)19-22-12-14-25(43-6)15-13-22/h7-16,18,21,26,28H,17,19H2,1-6H3,(H,35,41)(H,39,40)/t21?,26-,28+/m1/s1. The first-order valence-corrected chi connectivity index (χ1v) is 14.3. The van der Waals surface area contributed by atoms with E-state index in [2.05, 4.69) is 10.3 Å². The van der Waals surface area contributed by atoms with Crippen LogP contribution in [0.1, 0.15) is 56.1 Å². The number of nitrogens with one attached hydrogen (secondary N) is 1. The van der Waals surface area contributed by atoms with Gasteiger partial charge in [0.05, 0.1) is 25.6 Å². The van der Waals surface area contributed by atoms with Gasteiger partial charge in [0.25, 0.3) is 0 Å². The number of hydrogen-bond acceptors (Lipinski definition) is 7. The van der Waals surface area contributed by atoms with Crippen LogP contribution < -0.4 is 15.0 Å². The molecule has 1 aliphatic heterocycles. The van der Waals surface area contributed by atoms with E-state index in [1.54, 1.807) is 66.0 Å². The third-order valence-electron chi connectivity index (χ3n) is 7.17. The number of benzene rings is 2. The Labute approximate surface area is 256 Å². The van der Waals surface area contributed by atoms with Gasteiger partial charge in [-0.3, -0.25) is 9.69 Å². The van der Waals surface area contributed by atoms with E-state index in [-0.39, 0.29) is 18.8 Å². The summed E-state index contributed by atoms with van der Waals surface area (Å²) >= 11 is 0. The molecule has 232 valence electrons. The minimum absolute atomic E-state index is 0.0366. The molecule has 4 amide bonds. The van der Waals surface area contributed by atoms with Crippen LogP contribution in [0.4, 0.5) is 15.4 Å². The monoisotopic (exact) mass is 602 g/mol. The lowest BCUT2D eigenvalue weighted by molar-refractivity contribution is -0.165.